The number of ether oxygens (including phenoxy) is 2. The van der Waals surface area contributed by atoms with E-state index in [1.54, 1.807) is 35.3 Å². The molecular formula is C24H25N5O4. The number of nitrogens with zero attached hydrogens (tertiary/aromatic N) is 4. The second-order valence-electron chi connectivity index (χ2n) is 7.88. The summed E-state index contributed by atoms with van der Waals surface area (Å²) in [7, 11) is 0. The minimum atomic E-state index is -0.284. The van der Waals surface area contributed by atoms with E-state index in [1.807, 2.05) is 45.0 Å². The van der Waals surface area contributed by atoms with E-state index in [2.05, 4.69) is 15.3 Å². The first-order chi connectivity index (χ1) is 15.9. The van der Waals surface area contributed by atoms with Gasteiger partial charge in [-0.2, -0.15) is 9.50 Å². The number of aryl methyl sites for hydroxylation is 1. The zero-order valence-electron chi connectivity index (χ0n) is 18.7. The molecule has 1 N–H and O–H groups in total. The van der Waals surface area contributed by atoms with Gasteiger partial charge in [-0.15, -0.1) is 0 Å². The molecule has 0 spiro atoms. The molecule has 2 heterocycles. The first-order valence-corrected chi connectivity index (χ1v) is 10.6. The largest absolute Gasteiger partial charge is 0.487 e. The fourth-order valence-electron chi connectivity index (χ4n) is 3.21. The second kappa shape index (κ2) is 9.56. The van der Waals surface area contributed by atoms with Gasteiger partial charge in [-0.25, -0.2) is 4.98 Å². The summed E-state index contributed by atoms with van der Waals surface area (Å²) in [5.74, 6) is 1.20. The molecule has 4 rings (SSSR count). The summed E-state index contributed by atoms with van der Waals surface area (Å²) in [5.41, 5.74) is 1.94. The molecule has 0 saturated carbocycles. The maximum atomic E-state index is 12.5. The molecule has 170 valence electrons. The fourth-order valence-corrected chi connectivity index (χ4v) is 3.21. The Balaban J connectivity index is 1.36. The number of fused-ring (bicyclic) bond motifs is 1. The minimum absolute atomic E-state index is 0.0804. The lowest BCUT2D eigenvalue weighted by Gasteiger charge is -2.11. The van der Waals surface area contributed by atoms with Crippen LogP contribution in [0.5, 0.6) is 11.5 Å². The molecule has 0 radical (unpaired) electrons. The van der Waals surface area contributed by atoms with Crippen LogP contribution in [0.2, 0.25) is 0 Å². The topological polar surface area (TPSA) is 99.7 Å². The Morgan fingerprint density at radius 1 is 1.06 bits per heavy atom. The Morgan fingerprint density at radius 2 is 1.85 bits per heavy atom. The molecule has 1 amide bonds. The van der Waals surface area contributed by atoms with Gasteiger partial charge < -0.3 is 14.8 Å². The van der Waals surface area contributed by atoms with Gasteiger partial charge in [0, 0.05) is 23.9 Å². The van der Waals surface area contributed by atoms with Crippen LogP contribution < -0.4 is 20.3 Å². The highest BCUT2D eigenvalue weighted by molar-refractivity contribution is 5.92. The SMILES string of the molecule is Cc1ccc(OCC(=O)Nc2cccc(OCc3cc(=O)n4c(ncn4C(C)C)n3)c2)cc1. The van der Waals surface area contributed by atoms with Gasteiger partial charge in [-0.05, 0) is 45.0 Å². The van der Waals surface area contributed by atoms with Crippen LogP contribution in [0.15, 0.2) is 65.7 Å². The fraction of sp³-hybridized carbons (Fsp3) is 0.250. The van der Waals surface area contributed by atoms with Gasteiger partial charge in [0.25, 0.3) is 17.2 Å². The molecular weight excluding hydrogens is 422 g/mol. The molecule has 0 fully saturated rings. The normalized spacial score (nSPS) is 11.0. The van der Waals surface area contributed by atoms with Gasteiger partial charge in [-0.3, -0.25) is 14.3 Å². The third kappa shape index (κ3) is 5.38. The number of benzene rings is 2. The molecule has 9 heteroatoms. The highest BCUT2D eigenvalue weighted by Crippen LogP contribution is 2.19. The third-order valence-corrected chi connectivity index (χ3v) is 4.88. The van der Waals surface area contributed by atoms with Crippen molar-refractivity contribution >= 4 is 17.4 Å². The predicted molar refractivity (Wildman–Crippen MR) is 124 cm³/mol. The number of hydrogen-bond acceptors (Lipinski definition) is 6. The predicted octanol–water partition coefficient (Wildman–Crippen LogP) is 3.38. The maximum absolute atomic E-state index is 12.5. The Morgan fingerprint density at radius 3 is 2.61 bits per heavy atom. The lowest BCUT2D eigenvalue weighted by atomic mass is 10.2. The van der Waals surface area contributed by atoms with E-state index in [1.165, 1.54) is 10.6 Å². The Bertz CT molecular complexity index is 1320. The molecule has 0 bridgehead atoms. The van der Waals surface area contributed by atoms with Crippen molar-refractivity contribution in [3.05, 3.63) is 82.5 Å². The van der Waals surface area contributed by atoms with E-state index >= 15 is 0 Å². The number of aromatic nitrogens is 4. The number of hydrogen-bond donors (Lipinski definition) is 1. The summed E-state index contributed by atoms with van der Waals surface area (Å²) in [4.78, 5) is 33.3. The van der Waals surface area contributed by atoms with Crippen LogP contribution in [0.1, 0.15) is 31.1 Å². The lowest BCUT2D eigenvalue weighted by Crippen LogP contribution is -2.23. The van der Waals surface area contributed by atoms with Crippen molar-refractivity contribution in [1.82, 2.24) is 19.2 Å². The van der Waals surface area contributed by atoms with Crippen LogP contribution in [0.4, 0.5) is 5.69 Å². The van der Waals surface area contributed by atoms with Gasteiger partial charge in [0.1, 0.15) is 24.4 Å². The van der Waals surface area contributed by atoms with Crippen molar-refractivity contribution in [1.29, 1.82) is 0 Å². The van der Waals surface area contributed by atoms with Gasteiger partial charge in [-0.1, -0.05) is 23.8 Å². The molecule has 2 aromatic heterocycles. The van der Waals surface area contributed by atoms with Crippen molar-refractivity contribution in [3.63, 3.8) is 0 Å². The first-order valence-electron chi connectivity index (χ1n) is 10.6. The minimum Gasteiger partial charge on any atom is -0.487 e. The van der Waals surface area contributed by atoms with Gasteiger partial charge in [0.15, 0.2) is 6.61 Å². The van der Waals surface area contributed by atoms with Crippen molar-refractivity contribution in [2.24, 2.45) is 0 Å². The standard InChI is InChI=1S/C24H25N5O4/c1-16(2)28-15-25-24-27-19(12-23(31)29(24)28)13-32-21-6-4-5-18(11-21)26-22(30)14-33-20-9-7-17(3)8-10-20/h4-12,15-16H,13-14H2,1-3H3,(H,26,30). The summed E-state index contributed by atoms with van der Waals surface area (Å²) >= 11 is 0. The molecule has 9 nitrogen and oxygen atoms in total. The van der Waals surface area contributed by atoms with E-state index in [0.29, 0.717) is 28.7 Å². The summed E-state index contributed by atoms with van der Waals surface area (Å²) in [6, 6.07) is 16.0. The maximum Gasteiger partial charge on any atom is 0.274 e. The van der Waals surface area contributed by atoms with Crippen molar-refractivity contribution < 1.29 is 14.3 Å². The molecule has 0 aliphatic carbocycles. The Kier molecular flexibility index (Phi) is 6.39. The number of nitrogens with one attached hydrogen (secondary N) is 1. The van der Waals surface area contributed by atoms with Crippen LogP contribution in [-0.4, -0.2) is 31.7 Å². The Labute approximate surface area is 190 Å². The molecule has 2 aromatic carbocycles. The average molecular weight is 447 g/mol. The Hall–Kier alpha value is -4.14. The van der Waals surface area contributed by atoms with Crippen molar-refractivity contribution in [2.45, 2.75) is 33.4 Å². The van der Waals surface area contributed by atoms with Crippen molar-refractivity contribution in [3.8, 4) is 11.5 Å². The highest BCUT2D eigenvalue weighted by atomic mass is 16.5. The van der Waals surface area contributed by atoms with E-state index in [-0.39, 0.29) is 30.7 Å². The summed E-state index contributed by atoms with van der Waals surface area (Å²) in [6.07, 6.45) is 1.59. The molecule has 33 heavy (non-hydrogen) atoms. The molecule has 0 aliphatic heterocycles. The smallest absolute Gasteiger partial charge is 0.274 e. The number of carbonyl (C=O) groups is 1. The number of anilines is 1. The molecule has 0 atom stereocenters. The third-order valence-electron chi connectivity index (χ3n) is 4.88. The van der Waals surface area contributed by atoms with Crippen LogP contribution in [-0.2, 0) is 11.4 Å². The molecule has 0 unspecified atom stereocenters. The lowest BCUT2D eigenvalue weighted by molar-refractivity contribution is -0.118. The molecule has 4 aromatic rings. The monoisotopic (exact) mass is 447 g/mol. The van der Waals surface area contributed by atoms with E-state index in [0.717, 1.165) is 5.56 Å². The van der Waals surface area contributed by atoms with Crippen LogP contribution in [0, 0.1) is 6.92 Å². The first kappa shape index (κ1) is 22.1. The van der Waals surface area contributed by atoms with Crippen LogP contribution >= 0.6 is 0 Å². The van der Waals surface area contributed by atoms with Crippen molar-refractivity contribution in [2.75, 3.05) is 11.9 Å². The molecule has 0 saturated heterocycles. The van der Waals surface area contributed by atoms with Gasteiger partial charge in [0.2, 0.25) is 0 Å². The molecule has 0 aliphatic rings. The van der Waals surface area contributed by atoms with Crippen LogP contribution in [0.25, 0.3) is 5.78 Å². The van der Waals surface area contributed by atoms with Gasteiger partial charge in [0.05, 0.1) is 5.69 Å². The summed E-state index contributed by atoms with van der Waals surface area (Å²) in [6.45, 7) is 5.90. The zero-order valence-corrected chi connectivity index (χ0v) is 18.7. The van der Waals surface area contributed by atoms with Gasteiger partial charge >= 0.3 is 0 Å². The zero-order chi connectivity index (χ0) is 23.4. The number of rotatable bonds is 8. The second-order valence-corrected chi connectivity index (χ2v) is 7.88. The van der Waals surface area contributed by atoms with Crippen LogP contribution in [0.3, 0.4) is 0 Å². The summed E-state index contributed by atoms with van der Waals surface area (Å²) in [5, 5.41) is 2.78. The number of amides is 1. The van der Waals surface area contributed by atoms with E-state index in [4.69, 9.17) is 9.47 Å². The number of carbonyl (C=O) groups excluding carboxylic acids is 1. The summed E-state index contributed by atoms with van der Waals surface area (Å²) < 4.78 is 14.4. The van der Waals surface area contributed by atoms with E-state index in [9.17, 15) is 9.59 Å². The van der Waals surface area contributed by atoms with E-state index < -0.39 is 0 Å². The average Bonchev–Trinajstić information content (AvgIpc) is 3.23. The quantitative estimate of drug-likeness (QED) is 0.445. The highest BCUT2D eigenvalue weighted by Gasteiger charge is 2.11.